The number of anilines is 2. The number of amidine groups is 1. The molecule has 196 valence electrons. The van der Waals surface area contributed by atoms with Crippen molar-refractivity contribution in [1.29, 1.82) is 0 Å². The van der Waals surface area contributed by atoms with Gasteiger partial charge in [-0.15, -0.1) is 11.3 Å². The summed E-state index contributed by atoms with van der Waals surface area (Å²) in [6.45, 7) is 7.62. The molecular formula is C29H37N5O2S. The quantitative estimate of drug-likeness (QED) is 0.429. The highest BCUT2D eigenvalue weighted by molar-refractivity contribution is 7.16. The number of fused-ring (bicyclic) bond motifs is 2. The molecular weight excluding hydrogens is 482 g/mol. The smallest absolute Gasteiger partial charge is 0.229 e. The summed E-state index contributed by atoms with van der Waals surface area (Å²) in [5.41, 5.74) is 3.24. The standard InChI is InChI=1S/C29H37N5O2S/c1-21-18-22-27(30-23-8-2-3-9-24(23)31-28(22)37-21)33-16-14-32(15-17-33)12-6-7-13-34-25(35)19-29(20-26(34)36)10-4-5-11-29/h2-3,8-9,18,31H,4-7,10-17,19-20H2,1H3. The number of aryl methyl sites for hydroxylation is 1. The lowest BCUT2D eigenvalue weighted by atomic mass is 9.76. The molecule has 0 atom stereocenters. The van der Waals surface area contributed by atoms with Crippen LogP contribution >= 0.6 is 11.3 Å². The predicted molar refractivity (Wildman–Crippen MR) is 149 cm³/mol. The number of carbonyl (C=O) groups is 2. The Hall–Kier alpha value is -2.71. The topological polar surface area (TPSA) is 68.2 Å². The highest BCUT2D eigenvalue weighted by atomic mass is 32.1. The molecule has 0 bridgehead atoms. The monoisotopic (exact) mass is 519 g/mol. The molecule has 2 aromatic rings. The van der Waals surface area contributed by atoms with Gasteiger partial charge in [0.2, 0.25) is 11.8 Å². The van der Waals surface area contributed by atoms with Gasteiger partial charge in [0, 0.05) is 50.4 Å². The van der Waals surface area contributed by atoms with E-state index in [1.54, 1.807) is 16.2 Å². The normalized spacial score (nSPS) is 21.5. The van der Waals surface area contributed by atoms with Crippen molar-refractivity contribution in [3.8, 4) is 0 Å². The Kier molecular flexibility index (Phi) is 6.80. The van der Waals surface area contributed by atoms with E-state index in [9.17, 15) is 9.59 Å². The largest absolute Gasteiger partial charge is 0.353 e. The van der Waals surface area contributed by atoms with E-state index in [2.05, 4.69) is 46.3 Å². The van der Waals surface area contributed by atoms with Gasteiger partial charge in [0.25, 0.3) is 0 Å². The van der Waals surface area contributed by atoms with E-state index < -0.39 is 0 Å². The van der Waals surface area contributed by atoms with Gasteiger partial charge in [0.1, 0.15) is 10.8 Å². The maximum atomic E-state index is 12.7. The number of nitrogens with zero attached hydrogens (tertiary/aromatic N) is 4. The Morgan fingerprint density at radius 2 is 1.68 bits per heavy atom. The van der Waals surface area contributed by atoms with E-state index >= 15 is 0 Å². The highest BCUT2D eigenvalue weighted by Gasteiger charge is 2.44. The number of nitrogens with one attached hydrogen (secondary N) is 1. The number of amides is 2. The van der Waals surface area contributed by atoms with Gasteiger partial charge in [-0.1, -0.05) is 25.0 Å². The lowest BCUT2D eigenvalue weighted by molar-refractivity contribution is -0.153. The molecule has 1 aromatic heterocycles. The zero-order valence-electron chi connectivity index (χ0n) is 21.8. The van der Waals surface area contributed by atoms with E-state index in [-0.39, 0.29) is 17.2 Å². The first-order chi connectivity index (χ1) is 18.0. The van der Waals surface area contributed by atoms with Crippen LogP contribution in [0.25, 0.3) is 0 Å². The molecule has 1 aliphatic carbocycles. The van der Waals surface area contributed by atoms with Crippen LogP contribution in [0.2, 0.25) is 0 Å². The molecule has 37 heavy (non-hydrogen) atoms. The maximum Gasteiger partial charge on any atom is 0.229 e. The van der Waals surface area contributed by atoms with Crippen LogP contribution in [0.3, 0.4) is 0 Å². The summed E-state index contributed by atoms with van der Waals surface area (Å²) in [5.74, 6) is 1.20. The van der Waals surface area contributed by atoms with Gasteiger partial charge in [-0.2, -0.15) is 0 Å². The number of imide groups is 1. The number of rotatable bonds is 5. The average Bonchev–Trinajstić information content (AvgIpc) is 3.44. The molecule has 1 saturated carbocycles. The summed E-state index contributed by atoms with van der Waals surface area (Å²) in [6.07, 6.45) is 7.48. The van der Waals surface area contributed by atoms with Gasteiger partial charge in [-0.3, -0.25) is 19.4 Å². The predicted octanol–water partition coefficient (Wildman–Crippen LogP) is 5.30. The number of hydrogen-bond acceptors (Lipinski definition) is 7. The number of piperazine rings is 1. The lowest BCUT2D eigenvalue weighted by Gasteiger charge is -2.38. The zero-order valence-corrected chi connectivity index (χ0v) is 22.6. The molecule has 0 radical (unpaired) electrons. The van der Waals surface area contributed by atoms with Crippen LogP contribution in [0.4, 0.5) is 16.4 Å². The first kappa shape index (κ1) is 24.6. The van der Waals surface area contributed by atoms with E-state index in [1.165, 1.54) is 28.3 Å². The molecule has 1 N–H and O–H groups in total. The first-order valence-electron chi connectivity index (χ1n) is 13.9. The van der Waals surface area contributed by atoms with Crippen molar-refractivity contribution < 1.29 is 9.59 Å². The van der Waals surface area contributed by atoms with Crippen molar-refractivity contribution in [3.63, 3.8) is 0 Å². The molecule has 8 heteroatoms. The van der Waals surface area contributed by atoms with Crippen LogP contribution in [0.1, 0.15) is 61.8 Å². The molecule has 1 spiro atoms. The average molecular weight is 520 g/mol. The second-order valence-electron chi connectivity index (χ2n) is 11.2. The van der Waals surface area contributed by atoms with Gasteiger partial charge >= 0.3 is 0 Å². The van der Waals surface area contributed by atoms with Gasteiger partial charge in [0.15, 0.2) is 0 Å². The molecule has 1 aromatic carbocycles. The van der Waals surface area contributed by atoms with Crippen LogP contribution in [-0.2, 0) is 9.59 Å². The second kappa shape index (κ2) is 10.2. The van der Waals surface area contributed by atoms with Crippen LogP contribution in [0, 0.1) is 12.3 Å². The molecule has 4 aliphatic rings. The van der Waals surface area contributed by atoms with E-state index in [0.29, 0.717) is 19.4 Å². The third-order valence-electron chi connectivity index (χ3n) is 8.57. The Bertz CT molecular complexity index is 1190. The zero-order chi connectivity index (χ0) is 25.4. The Balaban J connectivity index is 1.01. The highest BCUT2D eigenvalue weighted by Crippen LogP contribution is 2.47. The van der Waals surface area contributed by atoms with Gasteiger partial charge in [0.05, 0.1) is 16.9 Å². The number of para-hydroxylation sites is 2. The van der Waals surface area contributed by atoms with Crippen molar-refractivity contribution in [1.82, 2.24) is 14.7 Å². The van der Waals surface area contributed by atoms with Gasteiger partial charge in [-0.05, 0) is 62.8 Å². The molecule has 3 fully saturated rings. The summed E-state index contributed by atoms with van der Waals surface area (Å²) in [5, 5.41) is 4.77. The number of thiophene rings is 1. The maximum absolute atomic E-state index is 12.7. The molecule has 7 nitrogen and oxygen atoms in total. The summed E-state index contributed by atoms with van der Waals surface area (Å²) in [6, 6.07) is 10.5. The minimum Gasteiger partial charge on any atom is -0.353 e. The Labute approximate surface area is 223 Å². The molecule has 6 rings (SSSR count). The number of carbonyl (C=O) groups excluding carboxylic acids is 2. The Morgan fingerprint density at radius 1 is 0.973 bits per heavy atom. The minimum absolute atomic E-state index is 0.00733. The van der Waals surface area contributed by atoms with Crippen molar-refractivity contribution in [2.24, 2.45) is 10.4 Å². The molecule has 2 amide bonds. The minimum atomic E-state index is -0.00733. The number of aliphatic imine (C=N–C) groups is 1. The van der Waals surface area contributed by atoms with E-state index in [0.717, 1.165) is 75.6 Å². The number of unbranched alkanes of at least 4 members (excludes halogenated alkanes) is 1. The Morgan fingerprint density at radius 3 is 2.43 bits per heavy atom. The fraction of sp³-hybridized carbons (Fsp3) is 0.552. The number of benzene rings is 1. The van der Waals surface area contributed by atoms with Crippen LogP contribution in [-0.4, -0.2) is 71.6 Å². The second-order valence-corrected chi connectivity index (χ2v) is 12.5. The van der Waals surface area contributed by atoms with Gasteiger partial charge < -0.3 is 10.2 Å². The molecule has 0 unspecified atom stereocenters. The molecule has 4 heterocycles. The lowest BCUT2D eigenvalue weighted by Crippen LogP contribution is -2.49. The van der Waals surface area contributed by atoms with Crippen LogP contribution in [0.15, 0.2) is 35.3 Å². The van der Waals surface area contributed by atoms with E-state index in [1.807, 2.05) is 6.07 Å². The first-order valence-corrected chi connectivity index (χ1v) is 14.7. The third kappa shape index (κ3) is 5.06. The van der Waals surface area contributed by atoms with Crippen molar-refractivity contribution in [2.75, 3.05) is 44.6 Å². The number of likely N-dealkylation sites (tertiary alicyclic amines) is 1. The number of piperidine rings is 1. The summed E-state index contributed by atoms with van der Waals surface area (Å²) >= 11 is 1.79. The van der Waals surface area contributed by atoms with Crippen molar-refractivity contribution >= 4 is 45.4 Å². The summed E-state index contributed by atoms with van der Waals surface area (Å²) in [7, 11) is 0. The van der Waals surface area contributed by atoms with Gasteiger partial charge in [-0.25, -0.2) is 4.99 Å². The summed E-state index contributed by atoms with van der Waals surface area (Å²) < 4.78 is 0. The fourth-order valence-electron chi connectivity index (χ4n) is 6.54. The van der Waals surface area contributed by atoms with Crippen molar-refractivity contribution in [2.45, 2.75) is 58.3 Å². The molecule has 3 aliphatic heterocycles. The third-order valence-corrected chi connectivity index (χ3v) is 9.54. The fourth-order valence-corrected chi connectivity index (χ4v) is 7.46. The molecule has 2 saturated heterocycles. The summed E-state index contributed by atoms with van der Waals surface area (Å²) in [4.78, 5) is 38.3. The SMILES string of the molecule is Cc1cc2c(s1)Nc1ccccc1N=C2N1CCN(CCCCN2C(=O)CC3(CCCC3)CC2=O)CC1. The number of hydrogen-bond donors (Lipinski definition) is 1. The van der Waals surface area contributed by atoms with Crippen molar-refractivity contribution in [3.05, 3.63) is 40.8 Å². The van der Waals surface area contributed by atoms with Crippen LogP contribution < -0.4 is 5.32 Å². The van der Waals surface area contributed by atoms with Crippen LogP contribution in [0.5, 0.6) is 0 Å². The van der Waals surface area contributed by atoms with E-state index in [4.69, 9.17) is 4.99 Å².